The summed E-state index contributed by atoms with van der Waals surface area (Å²) in [7, 11) is 1.40. The molecule has 2 N–H and O–H groups in total. The van der Waals surface area contributed by atoms with Crippen LogP contribution in [0.1, 0.15) is 59.8 Å². The number of hydrogen-bond donors (Lipinski definition) is 2. The van der Waals surface area contributed by atoms with Gasteiger partial charge in [-0.1, -0.05) is 30.3 Å². The summed E-state index contributed by atoms with van der Waals surface area (Å²) in [5, 5.41) is 7.31. The molecule has 1 amide bonds. The minimum absolute atomic E-state index is 0.143. The van der Waals surface area contributed by atoms with Gasteiger partial charge in [-0.05, 0) is 51.3 Å². The third-order valence-electron chi connectivity index (χ3n) is 5.48. The number of benzene rings is 1. The van der Waals surface area contributed by atoms with Crippen LogP contribution in [0.25, 0.3) is 0 Å². The lowest BCUT2D eigenvalue weighted by molar-refractivity contribution is 0.0195. The molecule has 2 heterocycles. The van der Waals surface area contributed by atoms with Crippen LogP contribution in [0.5, 0.6) is 0 Å². The van der Waals surface area contributed by atoms with Crippen LogP contribution in [0.4, 0.5) is 4.79 Å². The van der Waals surface area contributed by atoms with Crippen LogP contribution in [0.15, 0.2) is 42.5 Å². The van der Waals surface area contributed by atoms with Gasteiger partial charge in [-0.3, -0.25) is 0 Å². The van der Waals surface area contributed by atoms with Gasteiger partial charge in [0.15, 0.2) is 0 Å². The summed E-state index contributed by atoms with van der Waals surface area (Å²) in [6.07, 6.45) is 1.54. The van der Waals surface area contributed by atoms with Gasteiger partial charge in [0.25, 0.3) is 0 Å². The van der Waals surface area contributed by atoms with E-state index < -0.39 is 5.60 Å². The number of nitrogens with one attached hydrogen (secondary N) is 2. The van der Waals surface area contributed by atoms with Gasteiger partial charge in [0.05, 0.1) is 7.11 Å². The molecule has 0 spiro atoms. The van der Waals surface area contributed by atoms with Crippen molar-refractivity contribution in [2.24, 2.45) is 0 Å². The van der Waals surface area contributed by atoms with Gasteiger partial charge in [-0.2, -0.15) is 0 Å². The molecule has 1 saturated heterocycles. The molecule has 1 aromatic heterocycles. The third-order valence-corrected chi connectivity index (χ3v) is 6.55. The van der Waals surface area contributed by atoms with Gasteiger partial charge in [0.1, 0.15) is 10.5 Å². The molecule has 8 heteroatoms. The number of ether oxygens (including phenoxy) is 2. The maximum absolute atomic E-state index is 12.3. The number of carbonyl (C=O) groups excluding carboxylic acids is 2. The number of methoxy groups -OCH3 is 1. The van der Waals surface area contributed by atoms with E-state index in [1.54, 1.807) is 11.0 Å². The van der Waals surface area contributed by atoms with Crippen molar-refractivity contribution in [1.82, 2.24) is 15.5 Å². The molecule has 33 heavy (non-hydrogen) atoms. The molecule has 7 nitrogen and oxygen atoms in total. The number of hydrogen-bond acceptors (Lipinski definition) is 7. The normalized spacial score (nSPS) is 15.8. The minimum atomic E-state index is -0.476. The van der Waals surface area contributed by atoms with Gasteiger partial charge in [-0.25, -0.2) is 9.59 Å². The lowest BCUT2D eigenvalue weighted by atomic mass is 10.0. The Morgan fingerprint density at radius 1 is 1.12 bits per heavy atom. The second kappa shape index (κ2) is 11.6. The Labute approximate surface area is 200 Å². The molecule has 0 radical (unpaired) electrons. The predicted molar refractivity (Wildman–Crippen MR) is 131 cm³/mol. The maximum atomic E-state index is 12.3. The van der Waals surface area contributed by atoms with Gasteiger partial charge >= 0.3 is 12.1 Å². The zero-order valence-corrected chi connectivity index (χ0v) is 20.7. The maximum Gasteiger partial charge on any atom is 0.410 e. The Balaban J connectivity index is 1.53. The Hall–Kier alpha value is -2.42. The summed E-state index contributed by atoms with van der Waals surface area (Å²) >= 11 is 1.45. The van der Waals surface area contributed by atoms with Crippen molar-refractivity contribution < 1.29 is 19.1 Å². The van der Waals surface area contributed by atoms with E-state index in [1.807, 2.05) is 32.9 Å². The second-order valence-corrected chi connectivity index (χ2v) is 10.4. The smallest absolute Gasteiger partial charge is 0.410 e. The van der Waals surface area contributed by atoms with E-state index in [0.717, 1.165) is 24.3 Å². The van der Waals surface area contributed by atoms with Crippen LogP contribution in [0.2, 0.25) is 0 Å². The molecule has 1 aromatic carbocycles. The van der Waals surface area contributed by atoms with E-state index >= 15 is 0 Å². The van der Waals surface area contributed by atoms with Crippen LogP contribution >= 0.6 is 11.3 Å². The molecular weight excluding hydrogens is 438 g/mol. The number of thiophene rings is 1. The van der Waals surface area contributed by atoms with Crippen molar-refractivity contribution in [2.75, 3.05) is 26.7 Å². The molecule has 0 bridgehead atoms. The van der Waals surface area contributed by atoms with Crippen molar-refractivity contribution in [3.63, 3.8) is 0 Å². The Morgan fingerprint density at radius 2 is 1.82 bits per heavy atom. The summed E-state index contributed by atoms with van der Waals surface area (Å²) < 4.78 is 10.3. The van der Waals surface area contributed by atoms with E-state index in [0.29, 0.717) is 30.6 Å². The molecule has 2 aromatic rings. The van der Waals surface area contributed by atoms with Gasteiger partial charge < -0.3 is 25.0 Å². The molecule has 1 aliphatic heterocycles. The highest BCUT2D eigenvalue weighted by molar-refractivity contribution is 7.13. The van der Waals surface area contributed by atoms with E-state index in [1.165, 1.54) is 24.0 Å². The molecule has 1 atom stereocenters. The van der Waals surface area contributed by atoms with Crippen molar-refractivity contribution in [1.29, 1.82) is 0 Å². The SMILES string of the molecule is COC(=O)c1ccc(CNC[C@H](NC2CCN(C(=O)OC(C)(C)C)CC2)c2ccccc2)s1. The van der Waals surface area contributed by atoms with Gasteiger partial charge in [0.2, 0.25) is 0 Å². The van der Waals surface area contributed by atoms with Gasteiger partial charge in [-0.15, -0.1) is 11.3 Å². The van der Waals surface area contributed by atoms with Crippen LogP contribution < -0.4 is 10.6 Å². The highest BCUT2D eigenvalue weighted by atomic mass is 32.1. The monoisotopic (exact) mass is 473 g/mol. The molecule has 180 valence electrons. The fourth-order valence-corrected chi connectivity index (χ4v) is 4.72. The van der Waals surface area contributed by atoms with Crippen LogP contribution in [0, 0.1) is 0 Å². The highest BCUT2D eigenvalue weighted by Crippen LogP contribution is 2.21. The summed E-state index contributed by atoms with van der Waals surface area (Å²) in [5.74, 6) is -0.298. The number of piperidine rings is 1. The number of rotatable bonds is 8. The Morgan fingerprint density at radius 3 is 2.45 bits per heavy atom. The molecule has 1 aliphatic rings. The lowest BCUT2D eigenvalue weighted by Gasteiger charge is -2.35. The molecule has 1 fully saturated rings. The summed E-state index contributed by atoms with van der Waals surface area (Å²) in [4.78, 5) is 27.5. The molecule has 3 rings (SSSR count). The summed E-state index contributed by atoms with van der Waals surface area (Å²) in [6, 6.07) is 14.6. The van der Waals surface area contributed by atoms with Crippen LogP contribution in [-0.2, 0) is 16.0 Å². The van der Waals surface area contributed by atoms with E-state index in [4.69, 9.17) is 9.47 Å². The fourth-order valence-electron chi connectivity index (χ4n) is 3.82. The number of amides is 1. The Bertz CT molecular complexity index is 902. The van der Waals surface area contributed by atoms with E-state index in [-0.39, 0.29) is 18.1 Å². The first kappa shape index (κ1) is 25.2. The molecule has 0 aliphatic carbocycles. The quantitative estimate of drug-likeness (QED) is 0.555. The lowest BCUT2D eigenvalue weighted by Crippen LogP contribution is -2.48. The number of likely N-dealkylation sites (tertiary alicyclic amines) is 1. The van der Waals surface area contributed by atoms with Crippen LogP contribution in [0.3, 0.4) is 0 Å². The van der Waals surface area contributed by atoms with Crippen molar-refractivity contribution in [2.45, 2.75) is 57.8 Å². The van der Waals surface area contributed by atoms with Crippen molar-refractivity contribution in [3.8, 4) is 0 Å². The topological polar surface area (TPSA) is 79.9 Å². The number of nitrogens with zero attached hydrogens (tertiary/aromatic N) is 1. The molecule has 0 unspecified atom stereocenters. The van der Waals surface area contributed by atoms with Crippen molar-refractivity contribution in [3.05, 3.63) is 57.8 Å². The average Bonchev–Trinajstić information content (AvgIpc) is 3.27. The van der Waals surface area contributed by atoms with Crippen molar-refractivity contribution >= 4 is 23.4 Å². The average molecular weight is 474 g/mol. The molecule has 0 saturated carbocycles. The first-order valence-electron chi connectivity index (χ1n) is 11.4. The first-order chi connectivity index (χ1) is 15.7. The fraction of sp³-hybridized carbons (Fsp3) is 0.520. The Kier molecular flexibility index (Phi) is 8.88. The number of esters is 1. The predicted octanol–water partition coefficient (Wildman–Crippen LogP) is 4.35. The zero-order valence-electron chi connectivity index (χ0n) is 19.9. The largest absolute Gasteiger partial charge is 0.465 e. The summed E-state index contributed by atoms with van der Waals surface area (Å²) in [5.41, 5.74) is 0.747. The van der Waals surface area contributed by atoms with E-state index in [9.17, 15) is 9.59 Å². The first-order valence-corrected chi connectivity index (χ1v) is 12.2. The standard InChI is InChI=1S/C25H35N3O4S/c1-25(2,3)32-24(30)28-14-12-19(13-15-28)27-21(18-8-6-5-7-9-18)17-26-16-20-10-11-22(33-20)23(29)31-4/h5-11,19,21,26-27H,12-17H2,1-4H3/t21-/m0/s1. The van der Waals surface area contributed by atoms with Crippen LogP contribution in [-0.4, -0.2) is 55.3 Å². The second-order valence-electron chi connectivity index (χ2n) is 9.26. The number of carbonyl (C=O) groups is 2. The minimum Gasteiger partial charge on any atom is -0.465 e. The van der Waals surface area contributed by atoms with Gasteiger partial charge in [0, 0.05) is 43.1 Å². The summed E-state index contributed by atoms with van der Waals surface area (Å²) in [6.45, 7) is 8.49. The van der Waals surface area contributed by atoms with E-state index in [2.05, 4.69) is 34.9 Å². The third kappa shape index (κ3) is 7.84. The highest BCUT2D eigenvalue weighted by Gasteiger charge is 2.28. The molecular formula is C25H35N3O4S. The zero-order chi connectivity index (χ0) is 23.8.